The predicted octanol–water partition coefficient (Wildman–Crippen LogP) is 7.06. The van der Waals surface area contributed by atoms with Gasteiger partial charge in [0.1, 0.15) is 12.4 Å². The van der Waals surface area contributed by atoms with Gasteiger partial charge in [-0.1, -0.05) is 37.5 Å². The maximum atomic E-state index is 14.3. The molecule has 1 N–H and O–H groups in total. The minimum Gasteiger partial charge on any atom is -0.491 e. The summed E-state index contributed by atoms with van der Waals surface area (Å²) in [6.07, 6.45) is 8.34. The fourth-order valence-electron chi connectivity index (χ4n) is 8.38. The molecule has 8 rings (SSSR count). The van der Waals surface area contributed by atoms with Crippen molar-refractivity contribution in [1.29, 1.82) is 0 Å². The van der Waals surface area contributed by atoms with E-state index in [1.165, 1.54) is 55.9 Å². The van der Waals surface area contributed by atoms with Gasteiger partial charge in [0, 0.05) is 47.3 Å². The summed E-state index contributed by atoms with van der Waals surface area (Å²) in [7, 11) is 3.52. The van der Waals surface area contributed by atoms with Gasteiger partial charge in [-0.15, -0.1) is 0 Å². The lowest BCUT2D eigenvalue weighted by Gasteiger charge is -2.41. The monoisotopic (exact) mass is 630 g/mol. The van der Waals surface area contributed by atoms with E-state index in [9.17, 15) is 9.59 Å². The molecule has 0 bridgehead atoms. The third-order valence-electron chi connectivity index (χ3n) is 11.0. The van der Waals surface area contributed by atoms with Crippen molar-refractivity contribution in [2.75, 3.05) is 33.9 Å². The zero-order chi connectivity index (χ0) is 32.1. The topological polar surface area (TPSA) is 85.2 Å². The van der Waals surface area contributed by atoms with E-state index in [2.05, 4.69) is 52.2 Å². The number of aliphatic imine (C=N–C) groups is 1. The average Bonchev–Trinajstić information content (AvgIpc) is 3.62. The molecule has 1 aliphatic carbocycles. The summed E-state index contributed by atoms with van der Waals surface area (Å²) in [6.45, 7) is 3.04. The van der Waals surface area contributed by atoms with Crippen molar-refractivity contribution in [3.05, 3.63) is 82.9 Å². The molecule has 4 aliphatic rings. The predicted molar refractivity (Wildman–Crippen MR) is 184 cm³/mol. The Labute approximate surface area is 275 Å². The Morgan fingerprint density at radius 1 is 0.957 bits per heavy atom. The first kappa shape index (κ1) is 29.9. The molecule has 242 valence electrons. The van der Waals surface area contributed by atoms with Gasteiger partial charge < -0.3 is 24.3 Å². The van der Waals surface area contributed by atoms with Crippen LogP contribution in [0, 0.1) is 0 Å². The lowest BCUT2D eigenvalue weighted by Crippen LogP contribution is -2.59. The Morgan fingerprint density at radius 2 is 1.74 bits per heavy atom. The number of likely N-dealkylation sites (tertiary alicyclic amines) is 1. The van der Waals surface area contributed by atoms with Gasteiger partial charge in [0.05, 0.1) is 36.1 Å². The van der Waals surface area contributed by atoms with Crippen molar-refractivity contribution in [3.63, 3.8) is 0 Å². The van der Waals surface area contributed by atoms with Crippen molar-refractivity contribution >= 4 is 34.2 Å². The highest BCUT2D eigenvalue weighted by molar-refractivity contribution is 6.07. The molecule has 1 aromatic heterocycles. The highest BCUT2D eigenvalue weighted by Gasteiger charge is 2.42. The fraction of sp³-hybridized carbons (Fsp3) is 0.410. The van der Waals surface area contributed by atoms with Crippen LogP contribution in [-0.2, 0) is 17.7 Å². The van der Waals surface area contributed by atoms with Crippen LogP contribution in [0.5, 0.6) is 5.75 Å². The number of nitrogens with one attached hydrogen (secondary N) is 1. The Balaban J connectivity index is 1.17. The number of amides is 1. The summed E-state index contributed by atoms with van der Waals surface area (Å²) in [5.74, 6) is 0.997. The number of aromatic nitrogens is 1. The van der Waals surface area contributed by atoms with Crippen LogP contribution in [0.25, 0.3) is 22.2 Å². The summed E-state index contributed by atoms with van der Waals surface area (Å²) >= 11 is 0. The second kappa shape index (κ2) is 12.0. The number of methoxy groups -OCH3 is 1. The van der Waals surface area contributed by atoms with Crippen LogP contribution in [0.15, 0.2) is 65.7 Å². The number of benzene rings is 3. The quantitative estimate of drug-likeness (QED) is 0.239. The second-order valence-corrected chi connectivity index (χ2v) is 13.7. The zero-order valence-corrected chi connectivity index (χ0v) is 27.3. The van der Waals surface area contributed by atoms with E-state index in [1.807, 2.05) is 24.3 Å². The Hall–Kier alpha value is -4.43. The zero-order valence-electron chi connectivity index (χ0n) is 27.3. The molecular formula is C39H42N4O4. The van der Waals surface area contributed by atoms with Crippen molar-refractivity contribution in [3.8, 4) is 17.0 Å². The number of ether oxygens (including phenoxy) is 2. The molecule has 1 amide bonds. The molecule has 8 heteroatoms. The van der Waals surface area contributed by atoms with Gasteiger partial charge in [-0.2, -0.15) is 0 Å². The third kappa shape index (κ3) is 5.23. The molecule has 3 aliphatic heterocycles. The molecule has 2 fully saturated rings. The minimum absolute atomic E-state index is 0.0783. The molecule has 1 saturated heterocycles. The number of carbonyl (C=O) groups is 2. The molecule has 8 nitrogen and oxygen atoms in total. The number of hydrogen-bond donors (Lipinski definition) is 1. The largest absolute Gasteiger partial charge is 0.491 e. The van der Waals surface area contributed by atoms with E-state index in [4.69, 9.17) is 14.5 Å². The number of esters is 1. The summed E-state index contributed by atoms with van der Waals surface area (Å²) in [5, 5.41) is 4.77. The van der Waals surface area contributed by atoms with Gasteiger partial charge in [-0.25, -0.2) is 4.79 Å². The summed E-state index contributed by atoms with van der Waals surface area (Å²) < 4.78 is 13.6. The lowest BCUT2D eigenvalue weighted by molar-refractivity contribution is 0.0600. The molecule has 47 heavy (non-hydrogen) atoms. The molecule has 1 saturated carbocycles. The number of carbonyl (C=O) groups excluding carboxylic acids is 2. The van der Waals surface area contributed by atoms with E-state index in [-0.39, 0.29) is 11.9 Å². The fourth-order valence-corrected chi connectivity index (χ4v) is 8.38. The number of piperidine rings is 1. The summed E-state index contributed by atoms with van der Waals surface area (Å²) in [6, 6.07) is 20.2. The van der Waals surface area contributed by atoms with Crippen LogP contribution in [-0.4, -0.2) is 66.4 Å². The highest BCUT2D eigenvalue weighted by Crippen LogP contribution is 2.47. The first-order chi connectivity index (χ1) is 22.9. The molecule has 0 unspecified atom stereocenters. The van der Waals surface area contributed by atoms with Crippen molar-refractivity contribution in [1.82, 2.24) is 14.8 Å². The standard InChI is InChI=1S/C39H42N4O4/c1-42-18-16-39(17-19-42,34-24-28-22-27(38(45)46-2)13-15-31(28)40-34)41-37(44)26-12-14-29-32(23-26)43-20-21-47-33-11-7-6-10-30(33)36(43)35(29)25-8-4-3-5-9-25/h6-7,10-15,22-23,25H,3-5,8-9,16-21,24H2,1-2H3,(H,41,44). The number of rotatable bonds is 5. The van der Waals surface area contributed by atoms with E-state index < -0.39 is 5.54 Å². The Kier molecular flexibility index (Phi) is 7.63. The van der Waals surface area contributed by atoms with Crippen LogP contribution in [0.2, 0.25) is 0 Å². The van der Waals surface area contributed by atoms with Crippen molar-refractivity contribution < 1.29 is 19.1 Å². The average molecular weight is 631 g/mol. The van der Waals surface area contributed by atoms with Gasteiger partial charge >= 0.3 is 5.97 Å². The molecule has 0 radical (unpaired) electrons. The van der Waals surface area contributed by atoms with Crippen LogP contribution in [0.4, 0.5) is 5.69 Å². The molecule has 4 aromatic rings. The molecular weight excluding hydrogens is 588 g/mol. The van der Waals surface area contributed by atoms with Crippen molar-refractivity contribution in [2.24, 2.45) is 4.99 Å². The highest BCUT2D eigenvalue weighted by atomic mass is 16.5. The molecule has 3 aromatic carbocycles. The first-order valence-electron chi connectivity index (χ1n) is 17.1. The van der Waals surface area contributed by atoms with E-state index >= 15 is 0 Å². The van der Waals surface area contributed by atoms with Gasteiger partial charge in [-0.3, -0.25) is 9.79 Å². The van der Waals surface area contributed by atoms with E-state index in [0.717, 1.165) is 66.3 Å². The van der Waals surface area contributed by atoms with Gasteiger partial charge in [0.2, 0.25) is 0 Å². The number of para-hydroxylation sites is 1. The summed E-state index contributed by atoms with van der Waals surface area (Å²) in [4.78, 5) is 33.9. The minimum atomic E-state index is -0.570. The molecule has 0 atom stereocenters. The number of fused-ring (bicyclic) bond motifs is 6. The first-order valence-corrected chi connectivity index (χ1v) is 17.1. The normalized spacial score (nSPS) is 19.1. The van der Waals surface area contributed by atoms with Crippen LogP contribution in [0.1, 0.15) is 82.7 Å². The SMILES string of the molecule is COC(=O)c1ccc2c(c1)CC(C1(NC(=O)c3ccc4c(C5CCCCC5)c5n(c4c3)CCOc3ccccc3-5)CCN(C)CC1)=N2. The maximum Gasteiger partial charge on any atom is 0.337 e. The molecule has 4 heterocycles. The van der Waals surface area contributed by atoms with Crippen LogP contribution in [0.3, 0.4) is 0 Å². The summed E-state index contributed by atoms with van der Waals surface area (Å²) in [5.41, 5.74) is 8.34. The molecule has 0 spiro atoms. The van der Waals surface area contributed by atoms with Crippen LogP contribution >= 0.6 is 0 Å². The smallest absolute Gasteiger partial charge is 0.337 e. The lowest BCUT2D eigenvalue weighted by atomic mass is 9.80. The van der Waals surface area contributed by atoms with Gasteiger partial charge in [0.15, 0.2) is 0 Å². The van der Waals surface area contributed by atoms with Gasteiger partial charge in [-0.05, 0) is 92.2 Å². The second-order valence-electron chi connectivity index (χ2n) is 13.7. The maximum absolute atomic E-state index is 14.3. The van der Waals surface area contributed by atoms with Gasteiger partial charge in [0.25, 0.3) is 5.91 Å². The van der Waals surface area contributed by atoms with E-state index in [0.29, 0.717) is 30.1 Å². The van der Waals surface area contributed by atoms with Crippen LogP contribution < -0.4 is 10.1 Å². The van der Waals surface area contributed by atoms with E-state index in [1.54, 1.807) is 6.07 Å². The Morgan fingerprint density at radius 3 is 2.55 bits per heavy atom. The third-order valence-corrected chi connectivity index (χ3v) is 11.0. The van der Waals surface area contributed by atoms with Crippen molar-refractivity contribution in [2.45, 2.75) is 69.4 Å². The number of hydrogen-bond acceptors (Lipinski definition) is 6. The Bertz CT molecular complexity index is 1910. The number of nitrogens with zero attached hydrogens (tertiary/aromatic N) is 3.